The molecule has 1 aliphatic carbocycles. The lowest BCUT2D eigenvalue weighted by molar-refractivity contribution is 0.184. The quantitative estimate of drug-likeness (QED) is 0.606. The third kappa shape index (κ3) is 4.06. The van der Waals surface area contributed by atoms with Crippen molar-refractivity contribution in [3.8, 4) is 11.4 Å². The van der Waals surface area contributed by atoms with E-state index in [1.54, 1.807) is 19.2 Å². The van der Waals surface area contributed by atoms with Crippen LogP contribution in [0.3, 0.4) is 0 Å². The van der Waals surface area contributed by atoms with Gasteiger partial charge in [-0.3, -0.25) is 0 Å². The third-order valence-corrected chi connectivity index (χ3v) is 6.67. The Morgan fingerprint density at radius 2 is 1.91 bits per heavy atom. The molecule has 0 saturated heterocycles. The Morgan fingerprint density at radius 1 is 1.15 bits per heavy atom. The maximum Gasteiger partial charge on any atom is 0.337 e. The number of carbonyl (C=O) groups excluding carboxylic acids is 1. The maximum atomic E-state index is 12.6. The van der Waals surface area contributed by atoms with Crippen LogP contribution in [0.25, 0.3) is 5.69 Å². The number of fused-ring (bicyclic) bond motifs is 1. The fraction of sp³-hybridized carbons (Fsp3) is 0.370. The van der Waals surface area contributed by atoms with Crippen molar-refractivity contribution in [2.24, 2.45) is 5.10 Å². The first-order chi connectivity index (χ1) is 16.5. The number of hydrogen-bond acceptors (Lipinski definition) is 4. The van der Waals surface area contributed by atoms with Gasteiger partial charge in [-0.2, -0.15) is 10.2 Å². The number of aromatic nitrogens is 2. The van der Waals surface area contributed by atoms with Crippen molar-refractivity contribution in [3.05, 3.63) is 76.6 Å². The second-order valence-electron chi connectivity index (χ2n) is 9.07. The summed E-state index contributed by atoms with van der Waals surface area (Å²) in [5.41, 5.74) is 7.28. The van der Waals surface area contributed by atoms with Crippen LogP contribution in [0.2, 0.25) is 0 Å². The number of hydrogen-bond donors (Lipinski definition) is 1. The summed E-state index contributed by atoms with van der Waals surface area (Å²) in [4.78, 5) is 12.6. The highest BCUT2D eigenvalue weighted by Gasteiger charge is 2.29. The fourth-order valence-electron chi connectivity index (χ4n) is 4.58. The van der Waals surface area contributed by atoms with Gasteiger partial charge in [-0.1, -0.05) is 25.1 Å². The van der Waals surface area contributed by atoms with Crippen LogP contribution in [0.5, 0.6) is 5.75 Å². The number of amides is 2. The summed E-state index contributed by atoms with van der Waals surface area (Å²) in [5, 5.41) is 14.0. The van der Waals surface area contributed by atoms with Crippen molar-refractivity contribution in [1.29, 1.82) is 0 Å². The minimum absolute atomic E-state index is 0.0819. The van der Waals surface area contributed by atoms with Gasteiger partial charge in [0.25, 0.3) is 0 Å². The summed E-state index contributed by atoms with van der Waals surface area (Å²) < 4.78 is 7.59. The van der Waals surface area contributed by atoms with Gasteiger partial charge in [0.05, 0.1) is 30.2 Å². The van der Waals surface area contributed by atoms with Crippen LogP contribution in [-0.2, 0) is 12.8 Å². The molecular formula is C27H31N5O2. The lowest BCUT2D eigenvalue weighted by atomic mass is 9.94. The number of hydrazone groups is 1. The first-order valence-corrected chi connectivity index (χ1v) is 12.0. The number of rotatable bonds is 5. The molecule has 0 spiro atoms. The Labute approximate surface area is 200 Å². The SMILES string of the molecule is CCc1cc(C2CC2)n(-c2ccc(C3=NN(C(=O)NC)C(C)Cc4ccc(OC)cc43)cc2)n1. The smallest absolute Gasteiger partial charge is 0.337 e. The zero-order valence-electron chi connectivity index (χ0n) is 20.2. The maximum absolute atomic E-state index is 12.6. The molecule has 0 bridgehead atoms. The molecule has 2 amide bonds. The molecule has 1 aliphatic heterocycles. The molecule has 34 heavy (non-hydrogen) atoms. The van der Waals surface area contributed by atoms with Crippen molar-refractivity contribution in [3.63, 3.8) is 0 Å². The van der Waals surface area contributed by atoms with Gasteiger partial charge in [0.2, 0.25) is 0 Å². The van der Waals surface area contributed by atoms with E-state index in [2.05, 4.69) is 53.3 Å². The van der Waals surface area contributed by atoms with E-state index >= 15 is 0 Å². The van der Waals surface area contributed by atoms with Crippen LogP contribution < -0.4 is 10.1 Å². The summed E-state index contributed by atoms with van der Waals surface area (Å²) in [5.74, 6) is 1.38. The highest BCUT2D eigenvalue weighted by atomic mass is 16.5. The second kappa shape index (κ2) is 8.97. The van der Waals surface area contributed by atoms with E-state index in [0.717, 1.165) is 46.0 Å². The zero-order valence-corrected chi connectivity index (χ0v) is 20.2. The number of nitrogens with one attached hydrogen (secondary N) is 1. The van der Waals surface area contributed by atoms with E-state index < -0.39 is 0 Å². The van der Waals surface area contributed by atoms with E-state index in [1.807, 2.05) is 19.1 Å². The molecular weight excluding hydrogens is 426 g/mol. The van der Waals surface area contributed by atoms with Crippen LogP contribution in [0.15, 0.2) is 53.6 Å². The van der Waals surface area contributed by atoms with Gasteiger partial charge in [0, 0.05) is 29.8 Å². The van der Waals surface area contributed by atoms with E-state index in [1.165, 1.54) is 18.5 Å². The highest BCUT2D eigenvalue weighted by Crippen LogP contribution is 2.41. The third-order valence-electron chi connectivity index (χ3n) is 6.67. The van der Waals surface area contributed by atoms with Crippen molar-refractivity contribution < 1.29 is 9.53 Å². The molecule has 2 heterocycles. The number of carbonyl (C=O) groups is 1. The number of methoxy groups -OCH3 is 1. The van der Waals surface area contributed by atoms with Gasteiger partial charge >= 0.3 is 6.03 Å². The zero-order chi connectivity index (χ0) is 23.8. The summed E-state index contributed by atoms with van der Waals surface area (Å²) in [7, 11) is 3.29. The van der Waals surface area contributed by atoms with Crippen LogP contribution in [-0.4, -0.2) is 46.7 Å². The normalized spacial score (nSPS) is 17.6. The molecule has 3 aromatic rings. The van der Waals surface area contributed by atoms with Gasteiger partial charge in [0.1, 0.15) is 5.75 Å². The molecule has 7 nitrogen and oxygen atoms in total. The largest absolute Gasteiger partial charge is 0.497 e. The molecule has 5 rings (SSSR count). The monoisotopic (exact) mass is 457 g/mol. The second-order valence-corrected chi connectivity index (χ2v) is 9.07. The molecule has 2 aromatic carbocycles. The number of urea groups is 1. The average molecular weight is 458 g/mol. The number of benzene rings is 2. The van der Waals surface area contributed by atoms with Crippen LogP contribution in [0.1, 0.15) is 60.7 Å². The van der Waals surface area contributed by atoms with E-state index in [4.69, 9.17) is 14.9 Å². The molecule has 1 unspecified atom stereocenters. The fourth-order valence-corrected chi connectivity index (χ4v) is 4.58. The van der Waals surface area contributed by atoms with Crippen molar-refractivity contribution in [2.45, 2.75) is 51.5 Å². The lowest BCUT2D eigenvalue weighted by Crippen LogP contribution is -2.41. The summed E-state index contributed by atoms with van der Waals surface area (Å²) in [6, 6.07) is 16.3. The van der Waals surface area contributed by atoms with Crippen molar-refractivity contribution in [1.82, 2.24) is 20.1 Å². The van der Waals surface area contributed by atoms with E-state index in [9.17, 15) is 4.79 Å². The Balaban J connectivity index is 1.58. The molecule has 1 fully saturated rings. The first-order valence-electron chi connectivity index (χ1n) is 12.0. The Kier molecular flexibility index (Phi) is 5.86. The van der Waals surface area contributed by atoms with Crippen molar-refractivity contribution in [2.75, 3.05) is 14.2 Å². The van der Waals surface area contributed by atoms with Gasteiger partial charge in [-0.25, -0.2) is 14.5 Å². The Bertz CT molecular complexity index is 1240. The Hall–Kier alpha value is -3.61. The van der Waals surface area contributed by atoms with Gasteiger partial charge in [-0.15, -0.1) is 0 Å². The summed E-state index contributed by atoms with van der Waals surface area (Å²) in [6.45, 7) is 4.16. The van der Waals surface area contributed by atoms with Crippen LogP contribution >= 0.6 is 0 Å². The lowest BCUT2D eigenvalue weighted by Gasteiger charge is -2.22. The summed E-state index contributed by atoms with van der Waals surface area (Å²) >= 11 is 0. The van der Waals surface area contributed by atoms with Crippen LogP contribution in [0, 0.1) is 0 Å². The molecule has 176 valence electrons. The summed E-state index contributed by atoms with van der Waals surface area (Å²) in [6.07, 6.45) is 4.09. The highest BCUT2D eigenvalue weighted by molar-refractivity contribution is 6.14. The predicted molar refractivity (Wildman–Crippen MR) is 133 cm³/mol. The molecule has 1 atom stereocenters. The molecule has 7 heteroatoms. The topological polar surface area (TPSA) is 71.8 Å². The minimum Gasteiger partial charge on any atom is -0.497 e. The molecule has 1 N–H and O–H groups in total. The van der Waals surface area contributed by atoms with Crippen LogP contribution in [0.4, 0.5) is 4.79 Å². The van der Waals surface area contributed by atoms with Gasteiger partial charge < -0.3 is 10.1 Å². The van der Waals surface area contributed by atoms with Gasteiger partial charge in [0.15, 0.2) is 0 Å². The molecule has 2 aliphatic rings. The van der Waals surface area contributed by atoms with Gasteiger partial charge in [-0.05, 0) is 68.5 Å². The molecule has 0 radical (unpaired) electrons. The van der Waals surface area contributed by atoms with E-state index in [-0.39, 0.29) is 12.1 Å². The predicted octanol–water partition coefficient (Wildman–Crippen LogP) is 4.66. The number of ether oxygens (including phenoxy) is 1. The number of nitrogens with zero attached hydrogens (tertiary/aromatic N) is 4. The molecule has 1 saturated carbocycles. The first kappa shape index (κ1) is 22.2. The standard InChI is InChI=1S/C27H31N5O2/c1-5-21-15-25(18-6-7-18)32(29-21)22-11-8-19(9-12-22)26-24-16-23(34-4)13-10-20(24)14-17(2)31(30-26)27(33)28-3/h8-13,15-18H,5-7,14H2,1-4H3,(H,28,33). The molecule has 1 aromatic heterocycles. The Morgan fingerprint density at radius 3 is 2.56 bits per heavy atom. The number of aryl methyl sites for hydroxylation is 1. The minimum atomic E-state index is -0.223. The van der Waals surface area contributed by atoms with Crippen molar-refractivity contribution >= 4 is 11.7 Å². The average Bonchev–Trinajstić information content (AvgIpc) is 3.65. The van der Waals surface area contributed by atoms with E-state index in [0.29, 0.717) is 12.3 Å².